The molecule has 4 nitrogen and oxygen atoms in total. The Kier molecular flexibility index (Phi) is 5.53. The molecule has 0 spiro atoms. The molecule has 0 radical (unpaired) electrons. The van der Waals surface area contributed by atoms with Gasteiger partial charge in [-0.05, 0) is 19.4 Å². The van der Waals surface area contributed by atoms with E-state index in [1.54, 1.807) is 14.2 Å². The van der Waals surface area contributed by atoms with Crippen molar-refractivity contribution in [1.82, 2.24) is 4.90 Å². The highest BCUT2D eigenvalue weighted by atomic mass is 16.7. The van der Waals surface area contributed by atoms with E-state index in [2.05, 4.69) is 11.8 Å². The number of ether oxygens (including phenoxy) is 2. The minimum absolute atomic E-state index is 0.133. The van der Waals surface area contributed by atoms with Crippen LogP contribution in [0.1, 0.15) is 26.2 Å². The van der Waals surface area contributed by atoms with Crippen LogP contribution < -0.4 is 5.73 Å². The predicted octanol–water partition coefficient (Wildman–Crippen LogP) is 0.807. The molecule has 0 heterocycles. The van der Waals surface area contributed by atoms with Crippen molar-refractivity contribution in [2.45, 2.75) is 44.6 Å². The molecule has 1 rings (SSSR count). The van der Waals surface area contributed by atoms with E-state index in [9.17, 15) is 0 Å². The number of hydrogen-bond acceptors (Lipinski definition) is 4. The van der Waals surface area contributed by atoms with Gasteiger partial charge in [-0.2, -0.15) is 0 Å². The average Bonchev–Trinajstić information content (AvgIpc) is 3.08. The Morgan fingerprint density at radius 2 is 1.93 bits per heavy atom. The zero-order valence-electron chi connectivity index (χ0n) is 10.1. The van der Waals surface area contributed by atoms with Gasteiger partial charge in [0.2, 0.25) is 0 Å². The third-order valence-electron chi connectivity index (χ3n) is 3.11. The molecule has 4 heteroatoms. The molecule has 0 aromatic rings. The van der Waals surface area contributed by atoms with E-state index in [4.69, 9.17) is 15.2 Å². The lowest BCUT2D eigenvalue weighted by Gasteiger charge is -2.31. The first-order valence-electron chi connectivity index (χ1n) is 5.78. The van der Waals surface area contributed by atoms with Gasteiger partial charge in [0, 0.05) is 39.3 Å². The summed E-state index contributed by atoms with van der Waals surface area (Å²) < 4.78 is 10.4. The molecule has 0 aliphatic heterocycles. The van der Waals surface area contributed by atoms with Crippen LogP contribution in [-0.2, 0) is 9.47 Å². The van der Waals surface area contributed by atoms with Gasteiger partial charge in [-0.1, -0.05) is 6.92 Å². The van der Waals surface area contributed by atoms with E-state index in [1.807, 2.05) is 0 Å². The second kappa shape index (κ2) is 6.43. The van der Waals surface area contributed by atoms with Gasteiger partial charge in [-0.15, -0.1) is 0 Å². The summed E-state index contributed by atoms with van der Waals surface area (Å²) in [4.78, 5) is 2.48. The van der Waals surface area contributed by atoms with E-state index < -0.39 is 0 Å². The van der Waals surface area contributed by atoms with Crippen molar-refractivity contribution in [3.63, 3.8) is 0 Å². The Morgan fingerprint density at radius 3 is 2.27 bits per heavy atom. The van der Waals surface area contributed by atoms with Gasteiger partial charge in [-0.25, -0.2) is 0 Å². The zero-order valence-corrected chi connectivity index (χ0v) is 10.1. The van der Waals surface area contributed by atoms with E-state index in [-0.39, 0.29) is 6.29 Å². The Hall–Kier alpha value is -0.160. The molecule has 0 bridgehead atoms. The molecule has 1 aliphatic carbocycles. The van der Waals surface area contributed by atoms with Crippen molar-refractivity contribution in [1.29, 1.82) is 0 Å². The fraction of sp³-hybridized carbons (Fsp3) is 1.00. The SMILES string of the molecule is CCN(C1CC1)C(CN)CC(OC)OC. The first kappa shape index (κ1) is 12.9. The number of methoxy groups -OCH3 is 2. The minimum Gasteiger partial charge on any atom is -0.356 e. The highest BCUT2D eigenvalue weighted by Gasteiger charge is 2.33. The molecule has 0 amide bonds. The number of nitrogens with two attached hydrogens (primary N) is 1. The Bertz CT molecular complexity index is 170. The molecular weight excluding hydrogens is 192 g/mol. The van der Waals surface area contributed by atoms with Crippen LogP contribution in [0.4, 0.5) is 0 Å². The smallest absolute Gasteiger partial charge is 0.158 e. The van der Waals surface area contributed by atoms with Crippen LogP contribution in [0.15, 0.2) is 0 Å². The van der Waals surface area contributed by atoms with E-state index >= 15 is 0 Å². The van der Waals surface area contributed by atoms with Crippen LogP contribution in [0.25, 0.3) is 0 Å². The van der Waals surface area contributed by atoms with Gasteiger partial charge in [0.1, 0.15) is 0 Å². The maximum absolute atomic E-state index is 5.82. The van der Waals surface area contributed by atoms with Gasteiger partial charge in [0.25, 0.3) is 0 Å². The molecular formula is C11H24N2O2. The van der Waals surface area contributed by atoms with Crippen LogP contribution in [0, 0.1) is 0 Å². The molecule has 0 aromatic heterocycles. The van der Waals surface area contributed by atoms with Crippen molar-refractivity contribution < 1.29 is 9.47 Å². The number of likely N-dealkylation sites (N-methyl/N-ethyl adjacent to an activating group) is 1. The number of nitrogens with zero attached hydrogens (tertiary/aromatic N) is 1. The average molecular weight is 216 g/mol. The van der Waals surface area contributed by atoms with Gasteiger partial charge >= 0.3 is 0 Å². The minimum atomic E-state index is -0.133. The molecule has 1 unspecified atom stereocenters. The zero-order chi connectivity index (χ0) is 11.3. The highest BCUT2D eigenvalue weighted by Crippen LogP contribution is 2.29. The molecule has 2 N–H and O–H groups in total. The largest absolute Gasteiger partial charge is 0.356 e. The highest BCUT2D eigenvalue weighted by molar-refractivity contribution is 4.88. The quantitative estimate of drug-likeness (QED) is 0.610. The second-order valence-electron chi connectivity index (χ2n) is 4.09. The normalized spacial score (nSPS) is 18.8. The lowest BCUT2D eigenvalue weighted by Crippen LogP contribution is -2.44. The molecule has 0 saturated heterocycles. The summed E-state index contributed by atoms with van der Waals surface area (Å²) >= 11 is 0. The Labute approximate surface area is 92.7 Å². The fourth-order valence-electron chi connectivity index (χ4n) is 2.10. The molecule has 1 aliphatic rings. The summed E-state index contributed by atoms with van der Waals surface area (Å²) in [6.07, 6.45) is 3.35. The number of rotatable bonds is 8. The molecule has 1 fully saturated rings. The van der Waals surface area contributed by atoms with Crippen molar-refractivity contribution in [3.05, 3.63) is 0 Å². The third-order valence-corrected chi connectivity index (χ3v) is 3.11. The Morgan fingerprint density at radius 1 is 1.33 bits per heavy atom. The second-order valence-corrected chi connectivity index (χ2v) is 4.09. The summed E-state index contributed by atoms with van der Waals surface area (Å²) in [6.45, 7) is 3.93. The van der Waals surface area contributed by atoms with Gasteiger partial charge < -0.3 is 15.2 Å². The van der Waals surface area contributed by atoms with Crippen molar-refractivity contribution in [2.75, 3.05) is 27.3 Å². The van der Waals surface area contributed by atoms with E-state index in [0.29, 0.717) is 12.6 Å². The maximum Gasteiger partial charge on any atom is 0.158 e. The van der Waals surface area contributed by atoms with E-state index in [1.165, 1.54) is 12.8 Å². The molecule has 15 heavy (non-hydrogen) atoms. The summed E-state index contributed by atoms with van der Waals surface area (Å²) in [6, 6.07) is 1.13. The monoisotopic (exact) mass is 216 g/mol. The van der Waals surface area contributed by atoms with Crippen LogP contribution in [-0.4, -0.2) is 50.6 Å². The van der Waals surface area contributed by atoms with E-state index in [0.717, 1.165) is 19.0 Å². The molecule has 90 valence electrons. The van der Waals surface area contributed by atoms with Crippen molar-refractivity contribution in [2.24, 2.45) is 5.73 Å². The van der Waals surface area contributed by atoms with Crippen LogP contribution in [0.5, 0.6) is 0 Å². The van der Waals surface area contributed by atoms with Gasteiger partial charge in [-0.3, -0.25) is 4.90 Å². The van der Waals surface area contributed by atoms with Crippen LogP contribution >= 0.6 is 0 Å². The lowest BCUT2D eigenvalue weighted by atomic mass is 10.1. The third kappa shape index (κ3) is 3.72. The molecule has 0 aromatic carbocycles. The van der Waals surface area contributed by atoms with Gasteiger partial charge in [0.05, 0.1) is 0 Å². The summed E-state index contributed by atoms with van der Waals surface area (Å²) in [5.74, 6) is 0. The van der Waals surface area contributed by atoms with Crippen molar-refractivity contribution >= 4 is 0 Å². The number of hydrogen-bond donors (Lipinski definition) is 1. The molecule has 1 saturated carbocycles. The first-order valence-corrected chi connectivity index (χ1v) is 5.78. The predicted molar refractivity (Wildman–Crippen MR) is 60.7 cm³/mol. The standard InChI is InChI=1S/C11H24N2O2/c1-4-13(9-5-6-9)10(8-12)7-11(14-2)15-3/h9-11H,4-8,12H2,1-3H3. The Balaban J connectivity index is 2.44. The van der Waals surface area contributed by atoms with Crippen molar-refractivity contribution in [3.8, 4) is 0 Å². The van der Waals surface area contributed by atoms with Crippen LogP contribution in [0.3, 0.4) is 0 Å². The summed E-state index contributed by atoms with van der Waals surface area (Å²) in [5, 5.41) is 0. The first-order chi connectivity index (χ1) is 7.26. The molecule has 1 atom stereocenters. The summed E-state index contributed by atoms with van der Waals surface area (Å²) in [5.41, 5.74) is 5.82. The maximum atomic E-state index is 5.82. The topological polar surface area (TPSA) is 47.7 Å². The summed E-state index contributed by atoms with van der Waals surface area (Å²) in [7, 11) is 3.35. The lowest BCUT2D eigenvalue weighted by molar-refractivity contribution is -0.116. The van der Waals surface area contributed by atoms with Crippen LogP contribution in [0.2, 0.25) is 0 Å². The fourth-order valence-corrected chi connectivity index (χ4v) is 2.10. The van der Waals surface area contributed by atoms with Gasteiger partial charge in [0.15, 0.2) is 6.29 Å².